The third kappa shape index (κ3) is 3.28. The summed E-state index contributed by atoms with van der Waals surface area (Å²) in [5.74, 6) is 0.103. The molecule has 2 amide bonds. The Bertz CT molecular complexity index is 980. The van der Waals surface area contributed by atoms with Gasteiger partial charge in [0.2, 0.25) is 0 Å². The summed E-state index contributed by atoms with van der Waals surface area (Å²) in [5, 5.41) is 2.72. The van der Waals surface area contributed by atoms with Crippen molar-refractivity contribution < 1.29 is 9.59 Å². The first-order valence-electron chi connectivity index (χ1n) is 8.84. The number of amides is 2. The summed E-state index contributed by atoms with van der Waals surface area (Å²) < 4.78 is 0. The van der Waals surface area contributed by atoms with Gasteiger partial charge in [0.15, 0.2) is 0 Å². The molecule has 1 aliphatic heterocycles. The standard InChI is InChI=1S/C19H19N5O2S/c1-20-17(25)16-14(15-18(27-16)23-9-8-22-15)12-4-10-24(11-5-12)19(26)13-2-6-21-7-3-13/h2-3,6-9,12H,4-5,10-11H2,1H3,(H,20,25). The van der Waals surface area contributed by atoms with E-state index in [2.05, 4.69) is 20.3 Å². The molecule has 0 aromatic carbocycles. The number of carbonyl (C=O) groups is 2. The zero-order chi connectivity index (χ0) is 18.8. The van der Waals surface area contributed by atoms with Gasteiger partial charge in [0, 0.05) is 56.1 Å². The van der Waals surface area contributed by atoms with Crippen LogP contribution in [0.1, 0.15) is 44.4 Å². The van der Waals surface area contributed by atoms with Gasteiger partial charge in [-0.3, -0.25) is 19.6 Å². The third-order valence-corrected chi connectivity index (χ3v) is 6.02. The van der Waals surface area contributed by atoms with Gasteiger partial charge in [-0.15, -0.1) is 11.3 Å². The Kier molecular flexibility index (Phi) is 4.81. The minimum atomic E-state index is -0.106. The maximum absolute atomic E-state index is 12.6. The first-order chi connectivity index (χ1) is 13.2. The quantitative estimate of drug-likeness (QED) is 0.753. The Labute approximate surface area is 160 Å². The molecule has 0 aliphatic carbocycles. The lowest BCUT2D eigenvalue weighted by atomic mass is 9.88. The van der Waals surface area contributed by atoms with Crippen LogP contribution in [0.3, 0.4) is 0 Å². The van der Waals surface area contributed by atoms with Gasteiger partial charge in [-0.2, -0.15) is 0 Å². The lowest BCUT2D eigenvalue weighted by Gasteiger charge is -2.32. The second kappa shape index (κ2) is 7.40. The molecule has 0 bridgehead atoms. The minimum absolute atomic E-state index is 0.0253. The molecule has 0 spiro atoms. The molecular formula is C19H19N5O2S. The molecule has 0 atom stereocenters. The number of likely N-dealkylation sites (tertiary alicyclic amines) is 1. The van der Waals surface area contributed by atoms with Crippen molar-refractivity contribution in [3.63, 3.8) is 0 Å². The highest BCUT2D eigenvalue weighted by atomic mass is 32.1. The SMILES string of the molecule is CNC(=O)c1sc2nccnc2c1C1CCN(C(=O)c2ccncc2)CC1. The second-order valence-electron chi connectivity index (χ2n) is 6.44. The van der Waals surface area contributed by atoms with Gasteiger partial charge in [-0.25, -0.2) is 4.98 Å². The van der Waals surface area contributed by atoms with Gasteiger partial charge in [0.25, 0.3) is 11.8 Å². The fourth-order valence-corrected chi connectivity index (χ4v) is 4.69. The molecule has 27 heavy (non-hydrogen) atoms. The highest BCUT2D eigenvalue weighted by molar-refractivity contribution is 7.20. The van der Waals surface area contributed by atoms with Crippen LogP contribution in [-0.2, 0) is 0 Å². The van der Waals surface area contributed by atoms with E-state index in [1.807, 2.05) is 4.90 Å². The normalized spacial score (nSPS) is 15.1. The number of pyridine rings is 1. The second-order valence-corrected chi connectivity index (χ2v) is 7.44. The molecule has 3 aromatic heterocycles. The van der Waals surface area contributed by atoms with Crippen molar-refractivity contribution in [1.82, 2.24) is 25.2 Å². The molecule has 0 saturated carbocycles. The van der Waals surface area contributed by atoms with E-state index in [-0.39, 0.29) is 17.7 Å². The molecule has 1 N–H and O–H groups in total. The lowest BCUT2D eigenvalue weighted by molar-refractivity contribution is 0.0712. The molecule has 4 rings (SSSR count). The summed E-state index contributed by atoms with van der Waals surface area (Å²) in [6.45, 7) is 1.30. The molecule has 8 heteroatoms. The largest absolute Gasteiger partial charge is 0.354 e. The lowest BCUT2D eigenvalue weighted by Crippen LogP contribution is -2.38. The van der Waals surface area contributed by atoms with E-state index < -0.39 is 0 Å². The maximum atomic E-state index is 12.6. The van der Waals surface area contributed by atoms with Gasteiger partial charge in [-0.1, -0.05) is 0 Å². The monoisotopic (exact) mass is 381 g/mol. The number of rotatable bonds is 3. The fraction of sp³-hybridized carbons (Fsp3) is 0.316. The number of hydrogen-bond acceptors (Lipinski definition) is 6. The van der Waals surface area contributed by atoms with Gasteiger partial charge in [0.1, 0.15) is 10.3 Å². The van der Waals surface area contributed by atoms with Gasteiger partial charge >= 0.3 is 0 Å². The van der Waals surface area contributed by atoms with E-state index >= 15 is 0 Å². The first kappa shape index (κ1) is 17.5. The number of fused-ring (bicyclic) bond motifs is 1. The van der Waals surface area contributed by atoms with Crippen LogP contribution in [0.2, 0.25) is 0 Å². The van der Waals surface area contributed by atoms with E-state index in [0.717, 1.165) is 28.8 Å². The van der Waals surface area contributed by atoms with Crippen molar-refractivity contribution in [1.29, 1.82) is 0 Å². The predicted octanol–water partition coefficient (Wildman–Crippen LogP) is 2.47. The summed E-state index contributed by atoms with van der Waals surface area (Å²) in [7, 11) is 1.63. The predicted molar refractivity (Wildman–Crippen MR) is 103 cm³/mol. The van der Waals surface area contributed by atoms with Crippen molar-refractivity contribution in [2.75, 3.05) is 20.1 Å². The van der Waals surface area contributed by atoms with Crippen LogP contribution < -0.4 is 5.32 Å². The highest BCUT2D eigenvalue weighted by Gasteiger charge is 2.30. The number of nitrogens with zero attached hydrogens (tertiary/aromatic N) is 4. The van der Waals surface area contributed by atoms with Crippen LogP contribution in [0.4, 0.5) is 0 Å². The summed E-state index contributed by atoms with van der Waals surface area (Å²) in [6, 6.07) is 3.47. The van der Waals surface area contributed by atoms with Gasteiger partial charge < -0.3 is 10.2 Å². The Morgan fingerprint density at radius 3 is 2.52 bits per heavy atom. The number of nitrogens with one attached hydrogen (secondary N) is 1. The number of hydrogen-bond donors (Lipinski definition) is 1. The summed E-state index contributed by atoms with van der Waals surface area (Å²) in [4.78, 5) is 41.1. The minimum Gasteiger partial charge on any atom is -0.354 e. The molecule has 0 unspecified atom stereocenters. The average molecular weight is 381 g/mol. The Morgan fingerprint density at radius 2 is 1.81 bits per heavy atom. The van der Waals surface area contributed by atoms with Crippen molar-refractivity contribution in [3.05, 3.63) is 52.9 Å². The topological polar surface area (TPSA) is 88.1 Å². The average Bonchev–Trinajstić information content (AvgIpc) is 3.13. The van der Waals surface area contributed by atoms with Crippen LogP contribution in [0.5, 0.6) is 0 Å². The van der Waals surface area contributed by atoms with Gasteiger partial charge in [0.05, 0.1) is 4.88 Å². The third-order valence-electron chi connectivity index (χ3n) is 4.91. The first-order valence-corrected chi connectivity index (χ1v) is 9.65. The van der Waals surface area contributed by atoms with Gasteiger partial charge in [-0.05, 0) is 30.9 Å². The number of carbonyl (C=O) groups excluding carboxylic acids is 2. The molecule has 1 saturated heterocycles. The Morgan fingerprint density at radius 1 is 1.11 bits per heavy atom. The number of piperidine rings is 1. The number of thiophene rings is 1. The van der Waals surface area contributed by atoms with Crippen LogP contribution in [-0.4, -0.2) is 51.8 Å². The molecular weight excluding hydrogens is 362 g/mol. The fourth-order valence-electron chi connectivity index (χ4n) is 3.55. The zero-order valence-electron chi connectivity index (χ0n) is 14.9. The van der Waals surface area contributed by atoms with E-state index in [1.165, 1.54) is 11.3 Å². The molecule has 138 valence electrons. The maximum Gasteiger partial charge on any atom is 0.261 e. The van der Waals surface area contributed by atoms with Crippen molar-refractivity contribution >= 4 is 33.5 Å². The Hall–Kier alpha value is -2.87. The summed E-state index contributed by atoms with van der Waals surface area (Å²) >= 11 is 1.38. The molecule has 1 aliphatic rings. The summed E-state index contributed by atoms with van der Waals surface area (Å²) in [6.07, 6.45) is 8.16. The molecule has 0 radical (unpaired) electrons. The van der Waals surface area contributed by atoms with Crippen LogP contribution >= 0.6 is 11.3 Å². The molecule has 1 fully saturated rings. The molecule has 4 heterocycles. The smallest absolute Gasteiger partial charge is 0.261 e. The van der Waals surface area contributed by atoms with Crippen molar-refractivity contribution in [2.45, 2.75) is 18.8 Å². The number of aromatic nitrogens is 3. The zero-order valence-corrected chi connectivity index (χ0v) is 15.7. The molecule has 7 nitrogen and oxygen atoms in total. The van der Waals surface area contributed by atoms with Crippen LogP contribution in [0.25, 0.3) is 10.3 Å². The molecule has 3 aromatic rings. The van der Waals surface area contributed by atoms with Crippen molar-refractivity contribution in [3.8, 4) is 0 Å². The van der Waals surface area contributed by atoms with Crippen molar-refractivity contribution in [2.24, 2.45) is 0 Å². The van der Waals surface area contributed by atoms with E-state index in [0.29, 0.717) is 23.5 Å². The summed E-state index contributed by atoms with van der Waals surface area (Å²) in [5.41, 5.74) is 2.43. The van der Waals surface area contributed by atoms with Crippen LogP contribution in [0.15, 0.2) is 36.9 Å². The highest BCUT2D eigenvalue weighted by Crippen LogP contribution is 2.39. The van der Waals surface area contributed by atoms with E-state index in [4.69, 9.17) is 0 Å². The van der Waals surface area contributed by atoms with E-state index in [9.17, 15) is 9.59 Å². The Balaban J connectivity index is 1.58. The van der Waals surface area contributed by atoms with E-state index in [1.54, 1.807) is 44.0 Å². The van der Waals surface area contributed by atoms with Crippen LogP contribution in [0, 0.1) is 0 Å².